The molecule has 4 aromatic carbocycles. The van der Waals surface area contributed by atoms with Crippen LogP contribution in [0.25, 0.3) is 0 Å². The summed E-state index contributed by atoms with van der Waals surface area (Å²) >= 11 is 18.0. The molecule has 0 N–H and O–H groups in total. The highest BCUT2D eigenvalue weighted by Gasteiger charge is 2.28. The SMILES string of the molecule is CC(C)(c1cc(Br)c(CC(=O)c2ccc(Br)cc2)c(Br)c1)c1cc(Br)c(OC(=O)c2ccccc2)c(Br)c1. The van der Waals surface area contributed by atoms with E-state index in [0.717, 1.165) is 30.1 Å². The van der Waals surface area contributed by atoms with Gasteiger partial charge in [-0.05, 0) is 97.1 Å². The first-order valence-corrected chi connectivity index (χ1v) is 15.5. The summed E-state index contributed by atoms with van der Waals surface area (Å²) < 4.78 is 9.65. The van der Waals surface area contributed by atoms with E-state index in [4.69, 9.17) is 4.74 Å². The predicted octanol–water partition coefficient (Wildman–Crippen LogP) is 10.5. The molecular formula is C30H21Br5O3. The Hall–Kier alpha value is -1.58. The molecule has 0 unspecified atom stereocenters. The van der Waals surface area contributed by atoms with E-state index >= 15 is 0 Å². The van der Waals surface area contributed by atoms with Crippen molar-refractivity contribution in [3.63, 3.8) is 0 Å². The van der Waals surface area contributed by atoms with Crippen molar-refractivity contribution in [3.05, 3.63) is 129 Å². The number of esters is 1. The maximum atomic E-state index is 12.9. The topological polar surface area (TPSA) is 43.4 Å². The molecule has 4 rings (SSSR count). The summed E-state index contributed by atoms with van der Waals surface area (Å²) in [7, 11) is 0. The second kappa shape index (κ2) is 12.3. The van der Waals surface area contributed by atoms with Crippen molar-refractivity contribution in [2.75, 3.05) is 0 Å². The predicted molar refractivity (Wildman–Crippen MR) is 169 cm³/mol. The van der Waals surface area contributed by atoms with E-state index in [2.05, 4.69) is 106 Å². The van der Waals surface area contributed by atoms with Gasteiger partial charge in [0.15, 0.2) is 11.5 Å². The second-order valence-electron chi connectivity index (χ2n) is 9.17. The van der Waals surface area contributed by atoms with Gasteiger partial charge in [-0.15, -0.1) is 0 Å². The third-order valence-corrected chi connectivity index (χ3v) is 9.41. The Balaban J connectivity index is 1.60. The van der Waals surface area contributed by atoms with Crippen LogP contribution in [-0.4, -0.2) is 11.8 Å². The number of ketones is 1. The van der Waals surface area contributed by atoms with Crippen molar-refractivity contribution in [1.29, 1.82) is 0 Å². The Morgan fingerprint density at radius 2 is 1.18 bits per heavy atom. The lowest BCUT2D eigenvalue weighted by molar-refractivity contribution is 0.0732. The minimum atomic E-state index is -0.430. The number of rotatable bonds is 7. The number of hydrogen-bond donors (Lipinski definition) is 0. The van der Waals surface area contributed by atoms with Gasteiger partial charge >= 0.3 is 5.97 Å². The summed E-state index contributed by atoms with van der Waals surface area (Å²) in [4.78, 5) is 25.5. The number of hydrogen-bond acceptors (Lipinski definition) is 3. The summed E-state index contributed by atoms with van der Waals surface area (Å²) in [6, 6.07) is 24.3. The van der Waals surface area contributed by atoms with Crippen LogP contribution < -0.4 is 4.74 Å². The molecule has 4 aromatic rings. The Bertz CT molecular complexity index is 1470. The smallest absolute Gasteiger partial charge is 0.343 e. The number of halogens is 5. The van der Waals surface area contributed by atoms with Crippen molar-refractivity contribution >= 4 is 91.4 Å². The van der Waals surface area contributed by atoms with Gasteiger partial charge in [-0.2, -0.15) is 0 Å². The van der Waals surface area contributed by atoms with Gasteiger partial charge in [0.1, 0.15) is 0 Å². The Kier molecular flexibility index (Phi) is 9.51. The van der Waals surface area contributed by atoms with E-state index in [9.17, 15) is 9.59 Å². The Morgan fingerprint density at radius 3 is 1.71 bits per heavy atom. The minimum Gasteiger partial charge on any atom is -0.421 e. The van der Waals surface area contributed by atoms with Crippen molar-refractivity contribution in [3.8, 4) is 5.75 Å². The largest absolute Gasteiger partial charge is 0.421 e. The van der Waals surface area contributed by atoms with Gasteiger partial charge in [0.2, 0.25) is 0 Å². The fraction of sp³-hybridized carbons (Fsp3) is 0.133. The zero-order valence-corrected chi connectivity index (χ0v) is 28.3. The number of benzene rings is 4. The van der Waals surface area contributed by atoms with Crippen LogP contribution in [0.2, 0.25) is 0 Å². The molecule has 0 spiro atoms. The summed E-state index contributed by atoms with van der Waals surface area (Å²) in [6.07, 6.45) is 0.266. The molecule has 0 aliphatic carbocycles. The first-order valence-electron chi connectivity index (χ1n) is 11.5. The molecule has 0 atom stereocenters. The monoisotopic (exact) mass is 824 g/mol. The summed E-state index contributed by atoms with van der Waals surface area (Å²) in [5.41, 5.74) is 3.68. The van der Waals surface area contributed by atoms with Gasteiger partial charge in [0.05, 0.1) is 14.5 Å². The first-order chi connectivity index (χ1) is 18.0. The number of carbonyl (C=O) groups excluding carboxylic acids is 2. The summed E-state index contributed by atoms with van der Waals surface area (Å²) in [5.74, 6) is 0.0297. The molecule has 0 aliphatic heterocycles. The highest BCUT2D eigenvalue weighted by molar-refractivity contribution is 9.11. The standard InChI is InChI=1S/C30H21Br5O3/c1-30(2,20-14-25(34)28(26(35)15-20)38-29(37)18-6-4-3-5-7-18)19-12-23(32)22(24(33)13-19)16-27(36)17-8-10-21(31)11-9-17/h3-15H,16H2,1-2H3. The minimum absolute atomic E-state index is 0.0411. The number of ether oxygens (including phenoxy) is 1. The van der Waals surface area contributed by atoms with Gasteiger partial charge in [0.25, 0.3) is 0 Å². The van der Waals surface area contributed by atoms with E-state index < -0.39 is 11.4 Å². The van der Waals surface area contributed by atoms with E-state index in [1.54, 1.807) is 24.3 Å². The molecule has 38 heavy (non-hydrogen) atoms. The average molecular weight is 829 g/mol. The fourth-order valence-corrected chi connectivity index (χ4v) is 7.02. The maximum absolute atomic E-state index is 12.9. The number of Topliss-reactive ketones (excluding diaryl/α,β-unsaturated/α-hetero) is 1. The van der Waals surface area contributed by atoms with Crippen LogP contribution in [0.4, 0.5) is 0 Å². The zero-order valence-electron chi connectivity index (χ0n) is 20.3. The normalized spacial score (nSPS) is 11.3. The van der Waals surface area contributed by atoms with Crippen molar-refractivity contribution in [1.82, 2.24) is 0 Å². The van der Waals surface area contributed by atoms with E-state index in [1.807, 2.05) is 42.5 Å². The Labute approximate surface area is 264 Å². The van der Waals surface area contributed by atoms with E-state index in [1.165, 1.54) is 0 Å². The lowest BCUT2D eigenvalue weighted by Gasteiger charge is -2.28. The average Bonchev–Trinajstić information content (AvgIpc) is 2.88. The molecule has 3 nitrogen and oxygen atoms in total. The quantitative estimate of drug-likeness (QED) is 0.106. The van der Waals surface area contributed by atoms with Gasteiger partial charge in [-0.1, -0.05) is 92.0 Å². The molecule has 194 valence electrons. The van der Waals surface area contributed by atoms with Crippen molar-refractivity contribution in [2.45, 2.75) is 25.7 Å². The lowest BCUT2D eigenvalue weighted by Crippen LogP contribution is -2.20. The highest BCUT2D eigenvalue weighted by Crippen LogP contribution is 2.43. The van der Waals surface area contributed by atoms with E-state index in [0.29, 0.717) is 25.8 Å². The molecule has 0 heterocycles. The van der Waals surface area contributed by atoms with Gasteiger partial charge in [-0.25, -0.2) is 4.79 Å². The maximum Gasteiger partial charge on any atom is 0.343 e. The Morgan fingerprint density at radius 1 is 0.684 bits per heavy atom. The number of carbonyl (C=O) groups is 2. The summed E-state index contributed by atoms with van der Waals surface area (Å²) in [5, 5.41) is 0. The molecule has 0 saturated heterocycles. The molecule has 0 radical (unpaired) electrons. The van der Waals surface area contributed by atoms with Crippen LogP contribution in [0.15, 0.2) is 101 Å². The molecular weight excluding hydrogens is 808 g/mol. The van der Waals surface area contributed by atoms with Crippen LogP contribution in [0.3, 0.4) is 0 Å². The van der Waals surface area contributed by atoms with Crippen LogP contribution in [0.5, 0.6) is 5.75 Å². The molecule has 8 heteroatoms. The van der Waals surface area contributed by atoms with Crippen LogP contribution in [0.1, 0.15) is 51.3 Å². The van der Waals surface area contributed by atoms with E-state index in [-0.39, 0.29) is 12.2 Å². The van der Waals surface area contributed by atoms with Gasteiger partial charge in [-0.3, -0.25) is 4.79 Å². The van der Waals surface area contributed by atoms with Crippen LogP contribution in [0, 0.1) is 0 Å². The highest BCUT2D eigenvalue weighted by atomic mass is 79.9. The second-order valence-corrected chi connectivity index (χ2v) is 13.5. The first kappa shape index (κ1) is 29.4. The van der Waals surface area contributed by atoms with Crippen LogP contribution in [-0.2, 0) is 11.8 Å². The molecule has 0 aliphatic rings. The van der Waals surface area contributed by atoms with Crippen LogP contribution >= 0.6 is 79.6 Å². The summed E-state index contributed by atoms with van der Waals surface area (Å²) in [6.45, 7) is 4.25. The third-order valence-electron chi connectivity index (χ3n) is 6.29. The molecule has 0 amide bonds. The molecule has 0 aromatic heterocycles. The van der Waals surface area contributed by atoms with Crippen molar-refractivity contribution < 1.29 is 14.3 Å². The molecule has 0 bridgehead atoms. The fourth-order valence-electron chi connectivity index (χ4n) is 3.94. The lowest BCUT2D eigenvalue weighted by atomic mass is 9.78. The van der Waals surface area contributed by atoms with Gasteiger partial charge in [0, 0.05) is 30.8 Å². The third kappa shape index (κ3) is 6.58. The van der Waals surface area contributed by atoms with Gasteiger partial charge < -0.3 is 4.74 Å². The molecule has 0 saturated carbocycles. The molecule has 0 fully saturated rings. The van der Waals surface area contributed by atoms with Crippen molar-refractivity contribution in [2.24, 2.45) is 0 Å². The zero-order chi connectivity index (χ0) is 27.6.